The quantitative estimate of drug-likeness (QED) is 0.174. The summed E-state index contributed by atoms with van der Waals surface area (Å²) in [6.45, 7) is 1.58. The Balaban J connectivity index is 0.000000192. The lowest BCUT2D eigenvalue weighted by Crippen LogP contribution is -2.21. The summed E-state index contributed by atoms with van der Waals surface area (Å²) in [5.41, 5.74) is 7.54. The second kappa shape index (κ2) is 13.8. The van der Waals surface area contributed by atoms with Crippen LogP contribution in [0.4, 0.5) is 11.4 Å². The first-order valence-corrected chi connectivity index (χ1v) is 12.1. The van der Waals surface area contributed by atoms with E-state index in [0.29, 0.717) is 5.96 Å². The molecule has 0 aliphatic rings. The van der Waals surface area contributed by atoms with E-state index in [1.54, 1.807) is 10.6 Å². The zero-order valence-corrected chi connectivity index (χ0v) is 20.4. The number of guanidine groups is 1. The van der Waals surface area contributed by atoms with Crippen LogP contribution in [0.1, 0.15) is 6.92 Å². The van der Waals surface area contributed by atoms with Gasteiger partial charge in [0.2, 0.25) is 5.91 Å². The lowest BCUT2D eigenvalue weighted by molar-refractivity contribution is -0.120. The van der Waals surface area contributed by atoms with Crippen LogP contribution in [0, 0.1) is 0 Å². The largest absolute Gasteiger partial charge is 0.369 e. The number of anilines is 1. The predicted octanol–water partition coefficient (Wildman–Crippen LogP) is 6.99. The first kappa shape index (κ1) is 25.0. The van der Waals surface area contributed by atoms with Crippen LogP contribution in [0.3, 0.4) is 0 Å². The molecule has 0 atom stereocenters. The molecule has 0 bridgehead atoms. The number of aliphatic imine (C=N–C) groups is 1. The topological polar surface area (TPSA) is 70.7 Å². The van der Waals surface area contributed by atoms with Crippen LogP contribution in [0.2, 0.25) is 0 Å². The van der Waals surface area contributed by atoms with Gasteiger partial charge in [0.25, 0.3) is 0 Å². The van der Waals surface area contributed by atoms with E-state index in [1.807, 2.05) is 121 Å². The molecule has 0 saturated carbocycles. The third kappa shape index (κ3) is 9.05. The van der Waals surface area contributed by atoms with Gasteiger partial charge in [0.15, 0.2) is 5.96 Å². The molecule has 172 valence electrons. The van der Waals surface area contributed by atoms with E-state index < -0.39 is 0 Å². The second-order valence-electron chi connectivity index (χ2n) is 6.91. The monoisotopic (exact) mass is 486 g/mol. The highest BCUT2D eigenvalue weighted by Gasteiger charge is 2.12. The highest BCUT2D eigenvalue weighted by molar-refractivity contribution is 8.12. The Kier molecular flexibility index (Phi) is 10.1. The summed E-state index contributed by atoms with van der Waals surface area (Å²) in [6.07, 6.45) is 0. The molecule has 0 aliphatic carbocycles. The van der Waals surface area contributed by atoms with Crippen molar-refractivity contribution in [3.63, 3.8) is 0 Å². The van der Waals surface area contributed by atoms with Crippen molar-refractivity contribution in [2.45, 2.75) is 16.7 Å². The van der Waals surface area contributed by atoms with Gasteiger partial charge in [-0.2, -0.15) is 0 Å². The molecule has 0 aromatic heterocycles. The highest BCUT2D eigenvalue weighted by atomic mass is 32.2. The number of nitrogens with one attached hydrogen (secondary N) is 1. The highest BCUT2D eigenvalue weighted by Crippen LogP contribution is 2.33. The van der Waals surface area contributed by atoms with Gasteiger partial charge < -0.3 is 11.1 Å². The van der Waals surface area contributed by atoms with Crippen molar-refractivity contribution in [2.75, 3.05) is 5.32 Å². The number of nitrogens with zero attached hydrogens (tertiary/aromatic N) is 2. The summed E-state index contributed by atoms with van der Waals surface area (Å²) in [4.78, 5) is 18.0. The summed E-state index contributed by atoms with van der Waals surface area (Å²) in [5.74, 6) is 0.412. The van der Waals surface area contributed by atoms with Gasteiger partial charge in [-0.3, -0.25) is 4.79 Å². The molecule has 0 heterocycles. The van der Waals surface area contributed by atoms with E-state index >= 15 is 0 Å². The van der Waals surface area contributed by atoms with Gasteiger partial charge in [-0.05, 0) is 48.5 Å². The lowest BCUT2D eigenvalue weighted by atomic mass is 10.3. The Bertz CT molecular complexity index is 1120. The van der Waals surface area contributed by atoms with E-state index in [4.69, 9.17) is 5.73 Å². The van der Waals surface area contributed by atoms with Gasteiger partial charge in [0, 0.05) is 46.3 Å². The average Bonchev–Trinajstić information content (AvgIpc) is 2.86. The Morgan fingerprint density at radius 1 is 0.706 bits per heavy atom. The molecule has 5 nitrogen and oxygen atoms in total. The molecule has 34 heavy (non-hydrogen) atoms. The number of amides is 1. The Hall–Kier alpha value is -3.68. The Labute approximate surface area is 209 Å². The number of carbonyl (C=O) groups is 1. The molecule has 4 aromatic carbocycles. The number of hydrogen-bond donors (Lipinski definition) is 2. The number of rotatable bonds is 6. The SMILES string of the molecule is CC(=O)N(Sc1ccccc1)Sc1ccccc1.NC(=Nc1ccccc1)Nc1ccccc1. The smallest absolute Gasteiger partial charge is 0.240 e. The number of benzene rings is 4. The first-order valence-electron chi connectivity index (χ1n) is 10.6. The molecule has 0 unspecified atom stereocenters. The fraction of sp³-hybridized carbons (Fsp3) is 0.0370. The van der Waals surface area contributed by atoms with Gasteiger partial charge in [0.05, 0.1) is 5.69 Å². The van der Waals surface area contributed by atoms with E-state index in [0.717, 1.165) is 21.2 Å². The standard InChI is InChI=1S/C14H13NOS2.C13H13N3/c1-12(16)15(17-13-8-4-2-5-9-13)18-14-10-6-3-7-11-14;14-13(15-11-7-3-1-4-8-11)16-12-9-5-2-6-10-12/h2-11H,1H3;1-10H,(H3,14,15,16). The molecule has 1 amide bonds. The molecule has 4 aromatic rings. The van der Waals surface area contributed by atoms with Crippen molar-refractivity contribution >= 4 is 47.1 Å². The molecule has 0 saturated heterocycles. The first-order chi connectivity index (χ1) is 16.6. The van der Waals surface area contributed by atoms with Gasteiger partial charge in [-0.25, -0.2) is 8.70 Å². The minimum absolute atomic E-state index is 0.0257. The fourth-order valence-corrected chi connectivity index (χ4v) is 4.50. The predicted molar refractivity (Wildman–Crippen MR) is 145 cm³/mol. The van der Waals surface area contributed by atoms with Gasteiger partial charge in [0.1, 0.15) is 0 Å². The molecular formula is C27H26N4OS2. The normalized spacial score (nSPS) is 10.6. The van der Waals surface area contributed by atoms with Crippen molar-refractivity contribution in [3.8, 4) is 0 Å². The van der Waals surface area contributed by atoms with Gasteiger partial charge >= 0.3 is 0 Å². The van der Waals surface area contributed by atoms with Crippen molar-refractivity contribution in [1.29, 1.82) is 0 Å². The summed E-state index contributed by atoms with van der Waals surface area (Å²) in [7, 11) is 0. The van der Waals surface area contributed by atoms with Gasteiger partial charge in [-0.15, -0.1) is 0 Å². The zero-order valence-electron chi connectivity index (χ0n) is 18.7. The third-order valence-corrected chi connectivity index (χ3v) is 6.43. The van der Waals surface area contributed by atoms with Crippen molar-refractivity contribution < 1.29 is 4.79 Å². The molecular weight excluding hydrogens is 460 g/mol. The third-order valence-electron chi connectivity index (χ3n) is 4.17. The van der Waals surface area contributed by atoms with Gasteiger partial charge in [-0.1, -0.05) is 72.8 Å². The van der Waals surface area contributed by atoms with Crippen LogP contribution < -0.4 is 11.1 Å². The maximum Gasteiger partial charge on any atom is 0.240 e. The van der Waals surface area contributed by atoms with E-state index in [1.165, 1.54) is 23.9 Å². The zero-order chi connectivity index (χ0) is 24.0. The second-order valence-corrected chi connectivity index (χ2v) is 9.18. The van der Waals surface area contributed by atoms with Crippen LogP contribution >= 0.6 is 23.9 Å². The summed E-state index contributed by atoms with van der Waals surface area (Å²) >= 11 is 2.88. The Morgan fingerprint density at radius 3 is 1.56 bits per heavy atom. The van der Waals surface area contributed by atoms with Crippen LogP contribution in [0.15, 0.2) is 136 Å². The summed E-state index contributed by atoms with van der Waals surface area (Å²) in [6, 6.07) is 39.1. The van der Waals surface area contributed by atoms with Crippen LogP contribution in [0.5, 0.6) is 0 Å². The fourth-order valence-electron chi connectivity index (χ4n) is 2.64. The molecule has 0 spiro atoms. The molecule has 4 rings (SSSR count). The number of para-hydroxylation sites is 2. The number of hydrogen-bond acceptors (Lipinski definition) is 4. The van der Waals surface area contributed by atoms with Crippen molar-refractivity contribution in [1.82, 2.24) is 3.71 Å². The van der Waals surface area contributed by atoms with Crippen LogP contribution in [-0.2, 0) is 4.79 Å². The molecule has 7 heteroatoms. The van der Waals surface area contributed by atoms with Crippen molar-refractivity contribution in [2.24, 2.45) is 10.7 Å². The van der Waals surface area contributed by atoms with E-state index in [-0.39, 0.29) is 5.91 Å². The molecule has 0 fully saturated rings. The van der Waals surface area contributed by atoms with E-state index in [9.17, 15) is 4.79 Å². The average molecular weight is 487 g/mol. The number of carbonyl (C=O) groups excluding carboxylic acids is 1. The maximum atomic E-state index is 11.6. The lowest BCUT2D eigenvalue weighted by Gasteiger charge is -2.17. The summed E-state index contributed by atoms with van der Waals surface area (Å²) < 4.78 is 1.69. The molecule has 0 aliphatic heterocycles. The molecule has 3 N–H and O–H groups in total. The summed E-state index contributed by atoms with van der Waals surface area (Å²) in [5, 5.41) is 3.02. The van der Waals surface area contributed by atoms with Crippen LogP contribution in [0.25, 0.3) is 0 Å². The number of nitrogens with two attached hydrogens (primary N) is 1. The Morgan fingerprint density at radius 2 is 1.12 bits per heavy atom. The molecule has 0 radical (unpaired) electrons. The minimum atomic E-state index is 0.0257. The van der Waals surface area contributed by atoms with Crippen LogP contribution in [-0.4, -0.2) is 15.6 Å². The van der Waals surface area contributed by atoms with Crippen molar-refractivity contribution in [3.05, 3.63) is 121 Å². The minimum Gasteiger partial charge on any atom is -0.369 e. The maximum absolute atomic E-state index is 11.6. The van der Waals surface area contributed by atoms with E-state index in [2.05, 4.69) is 10.3 Å².